The Morgan fingerprint density at radius 1 is 0.919 bits per heavy atom. The molecular formula is C51H62N2O9. The lowest BCUT2D eigenvalue weighted by Crippen LogP contribution is -2.70. The van der Waals surface area contributed by atoms with E-state index >= 15 is 0 Å². The first-order chi connectivity index (χ1) is 30.4. The summed E-state index contributed by atoms with van der Waals surface area (Å²) in [4.78, 5) is 21.8. The van der Waals surface area contributed by atoms with E-state index in [0.717, 1.165) is 64.6 Å². The van der Waals surface area contributed by atoms with Gasteiger partial charge in [-0.3, -0.25) is 4.90 Å². The van der Waals surface area contributed by atoms with E-state index in [-0.39, 0.29) is 57.2 Å². The predicted molar refractivity (Wildman–Crippen MR) is 240 cm³/mol. The molecule has 1 amide bonds. The number of unbranched alkanes of at least 4 members (excludes halogenated alkanes) is 2. The molecule has 0 spiro atoms. The van der Waals surface area contributed by atoms with Gasteiger partial charge >= 0.3 is 6.09 Å². The van der Waals surface area contributed by atoms with Crippen LogP contribution in [0.15, 0.2) is 120 Å². The van der Waals surface area contributed by atoms with Gasteiger partial charge in [-0.15, -0.1) is 6.58 Å². The first kappa shape index (κ1) is 44.8. The van der Waals surface area contributed by atoms with Crippen LogP contribution in [0.5, 0.6) is 17.2 Å². The Kier molecular flexibility index (Phi) is 15.7. The molecule has 2 aliphatic carbocycles. The van der Waals surface area contributed by atoms with Gasteiger partial charge in [0, 0.05) is 37.7 Å². The molecule has 1 aliphatic heterocycles. The van der Waals surface area contributed by atoms with E-state index in [4.69, 9.17) is 28.5 Å². The van der Waals surface area contributed by atoms with Gasteiger partial charge in [0.05, 0.1) is 31.5 Å². The van der Waals surface area contributed by atoms with Crippen LogP contribution in [0.4, 0.5) is 4.79 Å². The Morgan fingerprint density at radius 3 is 2.42 bits per heavy atom. The average molecular weight is 847 g/mol. The highest BCUT2D eigenvalue weighted by Crippen LogP contribution is 2.62. The molecule has 7 rings (SSSR count). The number of carbonyl (C=O) groups is 1. The number of hydrogen-bond donors (Lipinski definition) is 2. The smallest absolute Gasteiger partial charge is 0.410 e. The zero-order valence-corrected chi connectivity index (χ0v) is 36.2. The Hall–Kier alpha value is -5.20. The number of rotatable bonds is 22. The summed E-state index contributed by atoms with van der Waals surface area (Å²) in [5, 5.41) is 26.7. The molecule has 11 heteroatoms. The third-order valence-corrected chi connectivity index (χ3v) is 12.4. The highest BCUT2D eigenvalue weighted by molar-refractivity contribution is 6.03. The third kappa shape index (κ3) is 10.0. The van der Waals surface area contributed by atoms with E-state index < -0.39 is 23.8 Å². The van der Waals surface area contributed by atoms with Crippen molar-refractivity contribution in [3.63, 3.8) is 0 Å². The van der Waals surface area contributed by atoms with E-state index in [0.29, 0.717) is 43.9 Å². The van der Waals surface area contributed by atoms with Crippen LogP contribution in [-0.2, 0) is 25.7 Å². The number of amides is 1. The first-order valence-corrected chi connectivity index (χ1v) is 22.3. The molecule has 0 saturated heterocycles. The molecule has 4 aromatic rings. The third-order valence-electron chi connectivity index (χ3n) is 12.4. The van der Waals surface area contributed by atoms with Crippen LogP contribution in [-0.4, -0.2) is 85.4 Å². The molecule has 0 aromatic heterocycles. The number of aliphatic hydroxyl groups excluding tert-OH is 2. The summed E-state index contributed by atoms with van der Waals surface area (Å²) >= 11 is 0. The van der Waals surface area contributed by atoms with Crippen LogP contribution in [0.2, 0.25) is 0 Å². The van der Waals surface area contributed by atoms with Crippen LogP contribution >= 0.6 is 0 Å². The highest BCUT2D eigenvalue weighted by atomic mass is 16.7. The lowest BCUT2D eigenvalue weighted by Gasteiger charge is -2.59. The molecule has 11 nitrogen and oxygen atoms in total. The maximum atomic E-state index is 14.4. The number of aliphatic hydroxyl groups is 2. The van der Waals surface area contributed by atoms with Gasteiger partial charge < -0.3 is 38.7 Å². The van der Waals surface area contributed by atoms with Gasteiger partial charge in [-0.2, -0.15) is 0 Å². The topological polar surface area (TPSA) is 129 Å². The van der Waals surface area contributed by atoms with Crippen molar-refractivity contribution < 1.29 is 43.5 Å². The average Bonchev–Trinajstić information content (AvgIpc) is 3.29. The molecular weight excluding hydrogens is 785 g/mol. The summed E-state index contributed by atoms with van der Waals surface area (Å²) in [5.41, 5.74) is 3.71. The minimum absolute atomic E-state index is 0.0709. The number of nitrogens with zero attached hydrogens (tertiary/aromatic N) is 2. The lowest BCUT2D eigenvalue weighted by molar-refractivity contribution is -0.255. The molecule has 6 unspecified atom stereocenters. The summed E-state index contributed by atoms with van der Waals surface area (Å²) in [7, 11) is 1.55. The second-order valence-electron chi connectivity index (χ2n) is 16.4. The van der Waals surface area contributed by atoms with Gasteiger partial charge in [0.15, 0.2) is 0 Å². The van der Waals surface area contributed by atoms with Gasteiger partial charge in [-0.1, -0.05) is 97.7 Å². The fourth-order valence-corrected chi connectivity index (χ4v) is 9.84. The Morgan fingerprint density at radius 2 is 1.66 bits per heavy atom. The van der Waals surface area contributed by atoms with Crippen molar-refractivity contribution in [3.8, 4) is 17.2 Å². The summed E-state index contributed by atoms with van der Waals surface area (Å²) in [5.74, 6) is 0.236. The minimum Gasteiger partial charge on any atom is -0.459 e. The van der Waals surface area contributed by atoms with Crippen LogP contribution in [0, 0.1) is 17.8 Å². The van der Waals surface area contributed by atoms with Crippen LogP contribution < -0.4 is 9.47 Å². The quantitative estimate of drug-likeness (QED) is 0.0451. The van der Waals surface area contributed by atoms with Crippen molar-refractivity contribution >= 4 is 22.6 Å². The summed E-state index contributed by atoms with van der Waals surface area (Å²) in [6.07, 6.45) is 9.21. The van der Waals surface area contributed by atoms with Gasteiger partial charge in [-0.25, -0.2) is 4.79 Å². The van der Waals surface area contributed by atoms with Crippen molar-refractivity contribution in [1.29, 1.82) is 0 Å². The number of oxime groups is 1. The normalized spacial score (nSPS) is 23.1. The van der Waals surface area contributed by atoms with Crippen molar-refractivity contribution in [2.45, 2.75) is 82.6 Å². The molecule has 2 N–H and O–H groups in total. The fraction of sp³-hybridized carbons (Fsp3) is 0.451. The highest BCUT2D eigenvalue weighted by Gasteiger charge is 2.65. The van der Waals surface area contributed by atoms with Crippen molar-refractivity contribution in [1.82, 2.24) is 4.90 Å². The van der Waals surface area contributed by atoms with Gasteiger partial charge in [0.1, 0.15) is 37.0 Å². The number of fused-ring (bicyclic) bond motifs is 3. The van der Waals surface area contributed by atoms with E-state index in [1.807, 2.05) is 73.7 Å². The number of hydrogen-bond acceptors (Lipinski definition) is 10. The van der Waals surface area contributed by atoms with Gasteiger partial charge in [-0.05, 0) is 96.2 Å². The van der Waals surface area contributed by atoms with Crippen LogP contribution in [0.3, 0.4) is 0 Å². The molecule has 1 heterocycles. The molecule has 0 bridgehead atoms. The number of allylic oxidation sites excluding steroid dienone is 1. The zero-order chi connectivity index (χ0) is 43.3. The summed E-state index contributed by atoms with van der Waals surface area (Å²) in [6, 6.07) is 29.5. The molecule has 6 atom stereocenters. The van der Waals surface area contributed by atoms with E-state index in [9.17, 15) is 15.0 Å². The second-order valence-corrected chi connectivity index (χ2v) is 16.4. The molecule has 330 valence electrons. The van der Waals surface area contributed by atoms with Gasteiger partial charge in [0.2, 0.25) is 5.79 Å². The van der Waals surface area contributed by atoms with Crippen molar-refractivity contribution in [3.05, 3.63) is 126 Å². The van der Waals surface area contributed by atoms with E-state index in [1.54, 1.807) is 18.1 Å². The molecule has 3 aliphatic rings. The second kappa shape index (κ2) is 21.7. The van der Waals surface area contributed by atoms with Crippen molar-refractivity contribution in [2.24, 2.45) is 22.9 Å². The predicted octanol–water partition coefficient (Wildman–Crippen LogP) is 9.96. The molecule has 62 heavy (non-hydrogen) atoms. The maximum Gasteiger partial charge on any atom is 0.410 e. The monoisotopic (exact) mass is 846 g/mol. The molecule has 4 aromatic carbocycles. The van der Waals surface area contributed by atoms with Crippen LogP contribution in [0.1, 0.15) is 75.3 Å². The summed E-state index contributed by atoms with van der Waals surface area (Å²) in [6.45, 7) is 7.55. The lowest BCUT2D eigenvalue weighted by atomic mass is 9.55. The van der Waals surface area contributed by atoms with Crippen LogP contribution in [0.25, 0.3) is 10.8 Å². The zero-order valence-electron chi connectivity index (χ0n) is 36.2. The number of carbonyl (C=O) groups excluding carboxylic acids is 1. The summed E-state index contributed by atoms with van der Waals surface area (Å²) < 4.78 is 32.9. The maximum absolute atomic E-state index is 14.4. The van der Waals surface area contributed by atoms with E-state index in [2.05, 4.69) is 42.1 Å². The van der Waals surface area contributed by atoms with Crippen molar-refractivity contribution in [2.75, 3.05) is 46.7 Å². The minimum atomic E-state index is -1.38. The Balaban J connectivity index is 1.32. The molecule has 0 radical (unpaired) electrons. The standard InChI is InChI=1S/C51H62N2O9/c1-4-25-53(50(56)59-30-29-58-35-36-15-7-6-8-16-36)47-34-45(52-57-3)43-32-39(19-11-13-26-54)42(20-12-14-27-55)48-44-33-41(61-40-22-21-37-17-9-10-18-38(37)31-40)23-24-46(44)62-51(47,49(43)48)60-28-5-2/h5-10,15-18,21-24,31-33,39,42,47-49,54-55H,2,4,11-14,19-20,25-30,34-35H2,1,3H3. The van der Waals surface area contributed by atoms with E-state index in [1.165, 1.54) is 0 Å². The molecule has 1 fully saturated rings. The molecule has 1 saturated carbocycles. The SMILES string of the molecule is C=CCOC12Oc3ccc(Oc4ccc5ccccc5c4)cc3C3C(CCCCO)C(CCCCO)C=C(C(=NOC)CC1N(CCC)C(=O)OCCOCc1ccccc1)C32. The number of benzene rings is 4. The van der Waals surface area contributed by atoms with Gasteiger partial charge in [0.25, 0.3) is 0 Å². The largest absolute Gasteiger partial charge is 0.459 e. The Bertz CT molecular complexity index is 2160. The fourth-order valence-electron chi connectivity index (χ4n) is 9.84. The Labute approximate surface area is 365 Å². The first-order valence-electron chi connectivity index (χ1n) is 22.3. The number of ether oxygens (including phenoxy) is 5.